The Morgan fingerprint density at radius 3 is 2.80 bits per heavy atom. The number of H-pyrrole nitrogens is 2. The van der Waals surface area contributed by atoms with Crippen LogP contribution in [-0.4, -0.2) is 30.6 Å². The summed E-state index contributed by atoms with van der Waals surface area (Å²) >= 11 is 0. The van der Waals surface area contributed by atoms with E-state index in [1.54, 1.807) is 35.3 Å². The molecule has 0 saturated heterocycles. The van der Waals surface area contributed by atoms with E-state index in [9.17, 15) is 9.59 Å². The Kier molecular flexibility index (Phi) is 3.62. The smallest absolute Gasteiger partial charge is 0.322 e. The zero-order valence-corrected chi connectivity index (χ0v) is 13.1. The average Bonchev–Trinajstić information content (AvgIpc) is 3.23. The first kappa shape index (κ1) is 14.9. The highest BCUT2D eigenvalue weighted by Crippen LogP contribution is 2.17. The van der Waals surface area contributed by atoms with Gasteiger partial charge in [0.15, 0.2) is 0 Å². The van der Waals surface area contributed by atoms with Crippen molar-refractivity contribution in [1.82, 2.24) is 24.7 Å². The number of aromatic nitrogens is 5. The lowest BCUT2D eigenvalue weighted by Crippen LogP contribution is -2.15. The third kappa shape index (κ3) is 3.05. The number of aromatic amines is 2. The Morgan fingerprint density at radius 1 is 1.12 bits per heavy atom. The molecule has 2 aromatic heterocycles. The van der Waals surface area contributed by atoms with Crippen molar-refractivity contribution in [2.24, 2.45) is 0 Å². The summed E-state index contributed by atoms with van der Waals surface area (Å²) in [4.78, 5) is 33.2. The van der Waals surface area contributed by atoms with E-state index in [1.165, 1.54) is 6.33 Å². The zero-order chi connectivity index (χ0) is 17.2. The normalized spacial score (nSPS) is 10.9. The lowest BCUT2D eigenvalue weighted by atomic mass is 10.1. The standard InChI is InChI=1S/C17H14N6O2/c24-16(20-12-5-6-14-15(7-12)22-17(25)21-14)13-4-2-1-3-11(13)8-23-10-18-9-19-23/h1-7,9-10H,8H2,(H,20,24)(H2,21,22,25). The van der Waals surface area contributed by atoms with Crippen molar-refractivity contribution in [2.45, 2.75) is 6.54 Å². The van der Waals surface area contributed by atoms with Crippen LogP contribution in [0.3, 0.4) is 0 Å². The molecule has 1 amide bonds. The molecular weight excluding hydrogens is 320 g/mol. The summed E-state index contributed by atoms with van der Waals surface area (Å²) in [6, 6.07) is 12.5. The van der Waals surface area contributed by atoms with E-state index in [1.807, 2.05) is 18.2 Å². The van der Waals surface area contributed by atoms with Crippen molar-refractivity contribution in [3.8, 4) is 0 Å². The fourth-order valence-corrected chi connectivity index (χ4v) is 2.68. The molecule has 0 saturated carbocycles. The minimum Gasteiger partial charge on any atom is -0.322 e. The number of fused-ring (bicyclic) bond motifs is 1. The van der Waals surface area contributed by atoms with Crippen molar-refractivity contribution >= 4 is 22.6 Å². The maximum Gasteiger partial charge on any atom is 0.323 e. The predicted molar refractivity (Wildman–Crippen MR) is 92.4 cm³/mol. The first-order valence-electron chi connectivity index (χ1n) is 7.63. The van der Waals surface area contributed by atoms with Crippen molar-refractivity contribution in [2.75, 3.05) is 5.32 Å². The van der Waals surface area contributed by atoms with Crippen molar-refractivity contribution in [1.29, 1.82) is 0 Å². The predicted octanol–water partition coefficient (Wildman–Crippen LogP) is 1.75. The molecule has 124 valence electrons. The Labute approximate surface area is 141 Å². The van der Waals surface area contributed by atoms with Crippen LogP contribution in [0.4, 0.5) is 5.69 Å². The van der Waals surface area contributed by atoms with Crippen molar-refractivity contribution in [3.05, 3.63) is 76.7 Å². The number of nitrogens with one attached hydrogen (secondary N) is 3. The third-order valence-electron chi connectivity index (χ3n) is 3.83. The number of rotatable bonds is 4. The SMILES string of the molecule is O=C(Nc1ccc2[nH]c(=O)[nH]c2c1)c1ccccc1Cn1cncn1. The van der Waals surface area contributed by atoms with E-state index in [-0.39, 0.29) is 11.6 Å². The molecule has 0 bridgehead atoms. The first-order valence-corrected chi connectivity index (χ1v) is 7.63. The fourth-order valence-electron chi connectivity index (χ4n) is 2.68. The van der Waals surface area contributed by atoms with Gasteiger partial charge in [0.25, 0.3) is 5.91 Å². The van der Waals surface area contributed by atoms with Gasteiger partial charge in [0.2, 0.25) is 0 Å². The molecule has 0 fully saturated rings. The molecule has 0 aliphatic carbocycles. The number of anilines is 1. The molecule has 8 nitrogen and oxygen atoms in total. The second-order valence-electron chi connectivity index (χ2n) is 5.54. The summed E-state index contributed by atoms with van der Waals surface area (Å²) in [5.41, 5.74) is 3.04. The summed E-state index contributed by atoms with van der Waals surface area (Å²) in [7, 11) is 0. The maximum atomic E-state index is 12.7. The summed E-state index contributed by atoms with van der Waals surface area (Å²) in [6.45, 7) is 0.452. The molecule has 0 radical (unpaired) electrons. The highest BCUT2D eigenvalue weighted by Gasteiger charge is 2.12. The van der Waals surface area contributed by atoms with E-state index in [2.05, 4.69) is 25.4 Å². The van der Waals surface area contributed by atoms with Gasteiger partial charge in [-0.05, 0) is 29.8 Å². The highest BCUT2D eigenvalue weighted by molar-refractivity contribution is 6.05. The van der Waals surface area contributed by atoms with E-state index in [4.69, 9.17) is 0 Å². The monoisotopic (exact) mass is 334 g/mol. The Bertz CT molecular complexity index is 1090. The van der Waals surface area contributed by atoms with E-state index >= 15 is 0 Å². The molecule has 4 aromatic rings. The number of benzene rings is 2. The van der Waals surface area contributed by atoms with E-state index in [0.29, 0.717) is 28.8 Å². The summed E-state index contributed by atoms with van der Waals surface area (Å²) in [5, 5.41) is 6.93. The molecule has 4 rings (SSSR count). The molecule has 8 heteroatoms. The van der Waals surface area contributed by atoms with Crippen LogP contribution in [0.5, 0.6) is 0 Å². The molecule has 0 atom stereocenters. The quantitative estimate of drug-likeness (QED) is 0.528. The minimum atomic E-state index is -0.281. The third-order valence-corrected chi connectivity index (χ3v) is 3.83. The number of hydrogen-bond acceptors (Lipinski definition) is 4. The van der Waals surface area contributed by atoms with Gasteiger partial charge in [0, 0.05) is 11.3 Å². The molecule has 0 aliphatic rings. The Morgan fingerprint density at radius 2 is 1.96 bits per heavy atom. The summed E-state index contributed by atoms with van der Waals surface area (Å²) in [5.74, 6) is -0.229. The van der Waals surface area contributed by atoms with Gasteiger partial charge in [-0.15, -0.1) is 0 Å². The Hall–Kier alpha value is -3.68. The number of hydrogen-bond donors (Lipinski definition) is 3. The summed E-state index contributed by atoms with van der Waals surface area (Å²) < 4.78 is 1.66. The molecular formula is C17H14N6O2. The Balaban J connectivity index is 1.60. The number of imidazole rings is 1. The number of nitrogens with zero attached hydrogens (tertiary/aromatic N) is 3. The van der Waals surface area contributed by atoms with Gasteiger partial charge in [0.1, 0.15) is 12.7 Å². The van der Waals surface area contributed by atoms with E-state index in [0.717, 1.165) is 5.56 Å². The zero-order valence-electron chi connectivity index (χ0n) is 13.1. The molecule has 2 aromatic carbocycles. The van der Waals surface area contributed by atoms with Crippen LogP contribution < -0.4 is 11.0 Å². The number of carbonyl (C=O) groups excluding carboxylic acids is 1. The van der Waals surface area contributed by atoms with Crippen molar-refractivity contribution in [3.63, 3.8) is 0 Å². The highest BCUT2D eigenvalue weighted by atomic mass is 16.2. The molecule has 0 aliphatic heterocycles. The molecule has 25 heavy (non-hydrogen) atoms. The van der Waals surface area contributed by atoms with Crippen LogP contribution >= 0.6 is 0 Å². The molecule has 3 N–H and O–H groups in total. The van der Waals surface area contributed by atoms with Crippen LogP contribution in [0.15, 0.2) is 59.9 Å². The van der Waals surface area contributed by atoms with Gasteiger partial charge in [-0.2, -0.15) is 5.10 Å². The maximum absolute atomic E-state index is 12.7. The lowest BCUT2D eigenvalue weighted by molar-refractivity contribution is 0.102. The lowest BCUT2D eigenvalue weighted by Gasteiger charge is -2.10. The van der Waals surface area contributed by atoms with Crippen molar-refractivity contribution < 1.29 is 4.79 Å². The van der Waals surface area contributed by atoms with Gasteiger partial charge in [0.05, 0.1) is 17.6 Å². The van der Waals surface area contributed by atoms with Crippen LogP contribution in [0.1, 0.15) is 15.9 Å². The minimum absolute atomic E-state index is 0.229. The second-order valence-corrected chi connectivity index (χ2v) is 5.54. The molecule has 2 heterocycles. The number of amides is 1. The van der Waals surface area contributed by atoms with Gasteiger partial charge in [-0.1, -0.05) is 18.2 Å². The van der Waals surface area contributed by atoms with Gasteiger partial charge in [-0.3, -0.25) is 4.79 Å². The first-order chi connectivity index (χ1) is 12.2. The molecule has 0 unspecified atom stereocenters. The van der Waals surface area contributed by atoms with Crippen LogP contribution in [0.25, 0.3) is 11.0 Å². The molecule has 0 spiro atoms. The van der Waals surface area contributed by atoms with Gasteiger partial charge in [-0.25, -0.2) is 14.5 Å². The van der Waals surface area contributed by atoms with Crippen LogP contribution in [0, 0.1) is 0 Å². The van der Waals surface area contributed by atoms with E-state index < -0.39 is 0 Å². The summed E-state index contributed by atoms with van der Waals surface area (Å²) in [6.07, 6.45) is 3.06. The fraction of sp³-hybridized carbons (Fsp3) is 0.0588. The van der Waals surface area contributed by atoms with Crippen LogP contribution in [-0.2, 0) is 6.54 Å². The van der Waals surface area contributed by atoms with Gasteiger partial charge >= 0.3 is 5.69 Å². The average molecular weight is 334 g/mol. The van der Waals surface area contributed by atoms with Gasteiger partial charge < -0.3 is 15.3 Å². The largest absolute Gasteiger partial charge is 0.323 e. The van der Waals surface area contributed by atoms with Crippen LogP contribution in [0.2, 0.25) is 0 Å². The number of carbonyl (C=O) groups is 1. The second kappa shape index (κ2) is 6.08. The topological polar surface area (TPSA) is 108 Å².